The zero-order valence-electron chi connectivity index (χ0n) is 13.0. The average molecular weight is 294 g/mol. The summed E-state index contributed by atoms with van der Waals surface area (Å²) in [6.45, 7) is 6.34. The zero-order chi connectivity index (χ0) is 15.4. The van der Waals surface area contributed by atoms with Crippen LogP contribution in [0.2, 0.25) is 0 Å². The molecule has 1 fully saturated rings. The number of piperazine rings is 1. The van der Waals surface area contributed by atoms with Crippen molar-refractivity contribution in [3.63, 3.8) is 0 Å². The summed E-state index contributed by atoms with van der Waals surface area (Å²) in [6, 6.07) is 15.0. The highest BCUT2D eigenvalue weighted by Crippen LogP contribution is 2.20. The van der Waals surface area contributed by atoms with Gasteiger partial charge in [0.2, 0.25) is 5.91 Å². The van der Waals surface area contributed by atoms with Crippen LogP contribution < -0.4 is 0 Å². The maximum atomic E-state index is 11.9. The van der Waals surface area contributed by atoms with Crippen molar-refractivity contribution < 1.29 is 4.79 Å². The van der Waals surface area contributed by atoms with Gasteiger partial charge in [0.1, 0.15) is 0 Å². The van der Waals surface area contributed by atoms with Gasteiger partial charge in [-0.15, -0.1) is 0 Å². The van der Waals surface area contributed by atoms with Crippen molar-refractivity contribution in [1.82, 2.24) is 9.80 Å². The van der Waals surface area contributed by atoms with Gasteiger partial charge >= 0.3 is 0 Å². The van der Waals surface area contributed by atoms with Crippen LogP contribution in [0, 0.1) is 0 Å². The van der Waals surface area contributed by atoms with Gasteiger partial charge in [-0.2, -0.15) is 0 Å². The Bertz CT molecular complexity index is 679. The molecule has 3 nitrogen and oxygen atoms in total. The Labute approximate surface area is 131 Å². The van der Waals surface area contributed by atoms with Gasteiger partial charge in [-0.1, -0.05) is 48.5 Å². The van der Waals surface area contributed by atoms with Crippen LogP contribution in [0.4, 0.5) is 0 Å². The highest BCUT2D eigenvalue weighted by molar-refractivity contribution is 5.87. The maximum Gasteiger partial charge on any atom is 0.246 e. The fourth-order valence-corrected chi connectivity index (χ4v) is 3.05. The van der Waals surface area contributed by atoms with Gasteiger partial charge in [-0.25, -0.2) is 0 Å². The molecule has 0 bridgehead atoms. The van der Waals surface area contributed by atoms with E-state index in [-0.39, 0.29) is 5.91 Å². The van der Waals surface area contributed by atoms with Gasteiger partial charge < -0.3 is 4.90 Å². The molecule has 1 saturated heterocycles. The molecular weight excluding hydrogens is 272 g/mol. The third-order valence-corrected chi connectivity index (χ3v) is 4.27. The van der Waals surface area contributed by atoms with E-state index in [1.807, 2.05) is 17.9 Å². The lowest BCUT2D eigenvalue weighted by atomic mass is 10.0. The molecular formula is C19H22N2O. The summed E-state index contributed by atoms with van der Waals surface area (Å²) in [6.07, 6.45) is 3.46. The van der Waals surface area contributed by atoms with E-state index in [2.05, 4.69) is 47.4 Å². The lowest BCUT2D eigenvalue weighted by Gasteiger charge is -2.34. The van der Waals surface area contributed by atoms with E-state index >= 15 is 0 Å². The number of carbonyl (C=O) groups excluding carboxylic acids is 1. The molecule has 22 heavy (non-hydrogen) atoms. The Kier molecular flexibility index (Phi) is 4.54. The molecule has 1 aliphatic rings. The molecule has 1 aliphatic heterocycles. The first-order valence-corrected chi connectivity index (χ1v) is 7.88. The Morgan fingerprint density at radius 3 is 2.55 bits per heavy atom. The van der Waals surface area contributed by atoms with E-state index in [1.54, 1.807) is 6.08 Å². The van der Waals surface area contributed by atoms with Crippen molar-refractivity contribution in [2.45, 2.75) is 13.5 Å². The molecule has 114 valence electrons. The molecule has 1 heterocycles. The smallest absolute Gasteiger partial charge is 0.246 e. The van der Waals surface area contributed by atoms with E-state index in [0.29, 0.717) is 0 Å². The third-order valence-electron chi connectivity index (χ3n) is 4.27. The number of hydrogen-bond acceptors (Lipinski definition) is 2. The largest absolute Gasteiger partial charge is 0.337 e. The van der Waals surface area contributed by atoms with Crippen LogP contribution >= 0.6 is 0 Å². The Balaban J connectivity index is 1.66. The molecule has 1 amide bonds. The Morgan fingerprint density at radius 1 is 1.05 bits per heavy atom. The molecule has 0 unspecified atom stereocenters. The summed E-state index contributed by atoms with van der Waals surface area (Å²) in [5.74, 6) is 0.132. The first-order chi connectivity index (χ1) is 10.8. The quantitative estimate of drug-likeness (QED) is 0.812. The van der Waals surface area contributed by atoms with Crippen molar-refractivity contribution in [3.05, 3.63) is 60.2 Å². The topological polar surface area (TPSA) is 23.6 Å². The summed E-state index contributed by atoms with van der Waals surface area (Å²) >= 11 is 0. The van der Waals surface area contributed by atoms with Crippen LogP contribution in [0.25, 0.3) is 10.8 Å². The minimum Gasteiger partial charge on any atom is -0.337 e. The number of amides is 1. The van der Waals surface area contributed by atoms with Gasteiger partial charge in [-0.3, -0.25) is 9.69 Å². The second-order valence-electron chi connectivity index (χ2n) is 5.74. The lowest BCUT2D eigenvalue weighted by molar-refractivity contribution is -0.127. The molecule has 0 radical (unpaired) electrons. The van der Waals surface area contributed by atoms with Gasteiger partial charge in [0.05, 0.1) is 0 Å². The standard InChI is InChI=1S/C19H22N2O/c1-2-6-19(22)21-13-11-20(12-14-21)15-17-9-5-8-16-7-3-4-10-18(16)17/h2-10H,11-15H2,1H3/b6-2+. The number of fused-ring (bicyclic) bond motifs is 1. The number of carbonyl (C=O) groups is 1. The number of allylic oxidation sites excluding steroid dienone is 1. The molecule has 2 aromatic carbocycles. The van der Waals surface area contributed by atoms with Crippen molar-refractivity contribution >= 4 is 16.7 Å². The van der Waals surface area contributed by atoms with E-state index in [9.17, 15) is 4.79 Å². The molecule has 0 aliphatic carbocycles. The molecule has 0 aromatic heterocycles. The van der Waals surface area contributed by atoms with Gasteiger partial charge in [0.15, 0.2) is 0 Å². The lowest BCUT2D eigenvalue weighted by Crippen LogP contribution is -2.47. The van der Waals surface area contributed by atoms with Gasteiger partial charge in [-0.05, 0) is 29.3 Å². The first-order valence-electron chi connectivity index (χ1n) is 7.88. The SMILES string of the molecule is C/C=C/C(=O)N1CCN(Cc2cccc3ccccc23)CC1. The van der Waals surface area contributed by atoms with Gasteiger partial charge in [0, 0.05) is 32.7 Å². The summed E-state index contributed by atoms with van der Waals surface area (Å²) < 4.78 is 0. The van der Waals surface area contributed by atoms with Crippen molar-refractivity contribution in [3.8, 4) is 0 Å². The molecule has 0 saturated carbocycles. The number of rotatable bonds is 3. The summed E-state index contributed by atoms with van der Waals surface area (Å²) in [4.78, 5) is 16.2. The highest BCUT2D eigenvalue weighted by Gasteiger charge is 2.19. The van der Waals surface area contributed by atoms with Crippen molar-refractivity contribution in [1.29, 1.82) is 0 Å². The van der Waals surface area contributed by atoms with E-state index < -0.39 is 0 Å². The Hall–Kier alpha value is -2.13. The van der Waals surface area contributed by atoms with Crippen LogP contribution in [-0.2, 0) is 11.3 Å². The van der Waals surface area contributed by atoms with Crippen LogP contribution in [0.3, 0.4) is 0 Å². The molecule has 0 N–H and O–H groups in total. The minimum absolute atomic E-state index is 0.132. The van der Waals surface area contributed by atoms with Crippen LogP contribution in [0.5, 0.6) is 0 Å². The second-order valence-corrected chi connectivity index (χ2v) is 5.74. The Morgan fingerprint density at radius 2 is 1.77 bits per heavy atom. The summed E-state index contributed by atoms with van der Waals surface area (Å²) in [5.41, 5.74) is 1.37. The molecule has 3 heteroatoms. The van der Waals surface area contributed by atoms with Gasteiger partial charge in [0.25, 0.3) is 0 Å². The minimum atomic E-state index is 0.132. The van der Waals surface area contributed by atoms with Crippen LogP contribution in [0.1, 0.15) is 12.5 Å². The summed E-state index contributed by atoms with van der Waals surface area (Å²) in [7, 11) is 0. The molecule has 2 aromatic rings. The number of nitrogens with zero attached hydrogens (tertiary/aromatic N) is 2. The normalized spacial score (nSPS) is 16.5. The van der Waals surface area contributed by atoms with Crippen molar-refractivity contribution in [2.24, 2.45) is 0 Å². The zero-order valence-corrected chi connectivity index (χ0v) is 13.0. The molecule has 3 rings (SSSR count). The van der Waals surface area contributed by atoms with E-state index in [4.69, 9.17) is 0 Å². The van der Waals surface area contributed by atoms with Crippen molar-refractivity contribution in [2.75, 3.05) is 26.2 Å². The fraction of sp³-hybridized carbons (Fsp3) is 0.316. The average Bonchev–Trinajstić information content (AvgIpc) is 2.56. The van der Waals surface area contributed by atoms with Crippen LogP contribution in [-0.4, -0.2) is 41.9 Å². The number of benzene rings is 2. The monoisotopic (exact) mass is 294 g/mol. The number of hydrogen-bond donors (Lipinski definition) is 0. The first kappa shape index (κ1) is 14.8. The third kappa shape index (κ3) is 3.20. The fourth-order valence-electron chi connectivity index (χ4n) is 3.05. The molecule has 0 atom stereocenters. The van der Waals surface area contributed by atoms with E-state index in [1.165, 1.54) is 16.3 Å². The molecule has 0 spiro atoms. The maximum absolute atomic E-state index is 11.9. The predicted octanol–water partition coefficient (Wildman–Crippen LogP) is 3.06. The highest BCUT2D eigenvalue weighted by atomic mass is 16.2. The van der Waals surface area contributed by atoms with E-state index in [0.717, 1.165) is 32.7 Å². The summed E-state index contributed by atoms with van der Waals surface area (Å²) in [5, 5.41) is 2.62. The van der Waals surface area contributed by atoms with Crippen LogP contribution in [0.15, 0.2) is 54.6 Å². The predicted molar refractivity (Wildman–Crippen MR) is 90.6 cm³/mol. The second kappa shape index (κ2) is 6.75.